The second kappa shape index (κ2) is 11.2. The van der Waals surface area contributed by atoms with Crippen LogP contribution < -0.4 is 4.90 Å². The van der Waals surface area contributed by atoms with E-state index in [1.54, 1.807) is 0 Å². The van der Waals surface area contributed by atoms with E-state index in [-0.39, 0.29) is 0 Å². The summed E-state index contributed by atoms with van der Waals surface area (Å²) in [5.74, 6) is 0. The molecule has 49 heavy (non-hydrogen) atoms. The zero-order chi connectivity index (χ0) is 32.3. The topological polar surface area (TPSA) is 8.17 Å². The summed E-state index contributed by atoms with van der Waals surface area (Å²) >= 11 is 1.89. The number of hydrogen-bond donors (Lipinski definition) is 0. The maximum absolute atomic E-state index is 2.41. The first kappa shape index (κ1) is 27.9. The van der Waals surface area contributed by atoms with Gasteiger partial charge in [0.1, 0.15) is 0 Å². The third-order valence-corrected chi connectivity index (χ3v) is 11.0. The molecule has 0 saturated carbocycles. The van der Waals surface area contributed by atoms with E-state index < -0.39 is 0 Å². The highest BCUT2D eigenvalue weighted by molar-refractivity contribution is 7.26. The Bertz CT molecular complexity index is 2810. The third kappa shape index (κ3) is 4.55. The van der Waals surface area contributed by atoms with E-state index in [2.05, 4.69) is 191 Å². The predicted molar refractivity (Wildman–Crippen MR) is 211 cm³/mol. The molecule has 0 spiro atoms. The minimum atomic E-state index is 1.12. The van der Waals surface area contributed by atoms with Gasteiger partial charge in [-0.3, -0.25) is 0 Å². The lowest BCUT2D eigenvalue weighted by Crippen LogP contribution is -2.09. The number of hydrogen-bond acceptors (Lipinski definition) is 2. The largest absolute Gasteiger partial charge is 0.310 e. The molecule has 0 radical (unpaired) electrons. The fraction of sp³-hybridized carbons (Fsp3) is 0. The third-order valence-electron chi connectivity index (χ3n) is 9.76. The monoisotopic (exact) mass is 642 g/mol. The van der Waals surface area contributed by atoms with Crippen molar-refractivity contribution in [3.63, 3.8) is 0 Å². The quantitative estimate of drug-likeness (QED) is 0.181. The maximum Gasteiger partial charge on any atom is 0.0542 e. The van der Waals surface area contributed by atoms with Crippen LogP contribution in [0, 0.1) is 0 Å². The van der Waals surface area contributed by atoms with Crippen molar-refractivity contribution in [3.8, 4) is 16.8 Å². The van der Waals surface area contributed by atoms with Gasteiger partial charge in [0.2, 0.25) is 0 Å². The Morgan fingerprint density at radius 3 is 1.82 bits per heavy atom. The van der Waals surface area contributed by atoms with E-state index in [0.717, 1.165) is 22.7 Å². The molecule has 0 bridgehead atoms. The Morgan fingerprint density at radius 1 is 0.388 bits per heavy atom. The number of benzene rings is 8. The molecule has 0 aliphatic carbocycles. The highest BCUT2D eigenvalue weighted by Gasteiger charge is 2.19. The van der Waals surface area contributed by atoms with Gasteiger partial charge in [0.05, 0.1) is 11.0 Å². The molecule has 0 fully saturated rings. The second-order valence-electron chi connectivity index (χ2n) is 12.6. The Balaban J connectivity index is 1.19. The van der Waals surface area contributed by atoms with Crippen molar-refractivity contribution in [3.05, 3.63) is 182 Å². The lowest BCUT2D eigenvalue weighted by molar-refractivity contribution is 1.18. The summed E-state index contributed by atoms with van der Waals surface area (Å²) < 4.78 is 5.02. The van der Waals surface area contributed by atoms with E-state index in [0.29, 0.717) is 0 Å². The summed E-state index contributed by atoms with van der Waals surface area (Å²) in [4.78, 5) is 2.41. The maximum atomic E-state index is 2.41. The minimum Gasteiger partial charge on any atom is -0.310 e. The molecule has 0 aliphatic heterocycles. The molecule has 10 aromatic rings. The van der Waals surface area contributed by atoms with Crippen LogP contribution in [0.25, 0.3) is 69.6 Å². The smallest absolute Gasteiger partial charge is 0.0542 e. The molecule has 230 valence electrons. The number of aromatic nitrogens is 1. The predicted octanol–water partition coefficient (Wildman–Crippen LogP) is 13.4. The van der Waals surface area contributed by atoms with E-state index in [1.807, 2.05) is 11.3 Å². The first-order valence-electron chi connectivity index (χ1n) is 16.7. The first-order chi connectivity index (χ1) is 24.3. The van der Waals surface area contributed by atoms with E-state index in [9.17, 15) is 0 Å². The van der Waals surface area contributed by atoms with Crippen molar-refractivity contribution >= 4 is 81.1 Å². The molecule has 0 N–H and O–H groups in total. The minimum absolute atomic E-state index is 1.12. The van der Waals surface area contributed by atoms with Crippen molar-refractivity contribution in [1.29, 1.82) is 0 Å². The van der Waals surface area contributed by atoms with Crippen molar-refractivity contribution in [2.45, 2.75) is 0 Å². The molecule has 3 heteroatoms. The molecular weight excluding hydrogens is 613 g/mol. The van der Waals surface area contributed by atoms with Gasteiger partial charge >= 0.3 is 0 Å². The van der Waals surface area contributed by atoms with Crippen LogP contribution in [0.5, 0.6) is 0 Å². The van der Waals surface area contributed by atoms with Crippen LogP contribution in [0.15, 0.2) is 182 Å². The standard InChI is InChI=1S/C46H30N2S/c1-3-11-31(12-4-1)32-19-22-35(23-20-32)47(37-25-28-45-42(30-37)40-26-21-33-13-7-8-16-38(33)46(40)49-45)36-24-27-44-41(29-36)39-17-9-10-18-43(39)48(44)34-14-5-2-6-15-34/h1-30H. The van der Waals surface area contributed by atoms with Crippen LogP contribution in [-0.2, 0) is 0 Å². The molecule has 2 heterocycles. The fourth-order valence-electron chi connectivity index (χ4n) is 7.47. The molecule has 0 saturated heterocycles. The summed E-state index contributed by atoms with van der Waals surface area (Å²) in [6.45, 7) is 0. The van der Waals surface area contributed by atoms with Crippen LogP contribution in [0.2, 0.25) is 0 Å². The number of nitrogens with zero attached hydrogens (tertiary/aromatic N) is 2. The summed E-state index contributed by atoms with van der Waals surface area (Å²) in [5, 5.41) is 7.67. The highest BCUT2D eigenvalue weighted by Crippen LogP contribution is 2.44. The van der Waals surface area contributed by atoms with Crippen LogP contribution in [-0.4, -0.2) is 4.57 Å². The number of anilines is 3. The lowest BCUT2D eigenvalue weighted by atomic mass is 10.0. The van der Waals surface area contributed by atoms with E-state index in [1.165, 1.54) is 63.9 Å². The number of para-hydroxylation sites is 2. The molecule has 0 atom stereocenters. The number of fused-ring (bicyclic) bond motifs is 8. The summed E-state index contributed by atoms with van der Waals surface area (Å²) in [5.41, 5.74) is 9.37. The summed E-state index contributed by atoms with van der Waals surface area (Å²) in [7, 11) is 0. The Hall–Kier alpha value is -6.16. The molecule has 8 aromatic carbocycles. The van der Waals surface area contributed by atoms with Crippen molar-refractivity contribution in [1.82, 2.24) is 4.57 Å². The second-order valence-corrected chi connectivity index (χ2v) is 13.6. The molecule has 10 rings (SSSR count). The van der Waals surface area contributed by atoms with Gasteiger partial charge in [-0.25, -0.2) is 0 Å². The van der Waals surface area contributed by atoms with Gasteiger partial charge < -0.3 is 9.47 Å². The van der Waals surface area contributed by atoms with Crippen LogP contribution in [0.3, 0.4) is 0 Å². The Kier molecular flexibility index (Phi) is 6.39. The van der Waals surface area contributed by atoms with Crippen LogP contribution in [0.1, 0.15) is 0 Å². The molecule has 2 nitrogen and oxygen atoms in total. The average Bonchev–Trinajstić information content (AvgIpc) is 3.71. The van der Waals surface area contributed by atoms with Crippen molar-refractivity contribution in [2.24, 2.45) is 0 Å². The van der Waals surface area contributed by atoms with E-state index in [4.69, 9.17) is 0 Å². The van der Waals surface area contributed by atoms with Crippen LogP contribution >= 0.6 is 11.3 Å². The Morgan fingerprint density at radius 2 is 1.00 bits per heavy atom. The van der Waals surface area contributed by atoms with E-state index >= 15 is 0 Å². The van der Waals surface area contributed by atoms with Gasteiger partial charge in [0.25, 0.3) is 0 Å². The summed E-state index contributed by atoms with van der Waals surface area (Å²) in [6.07, 6.45) is 0. The normalized spacial score (nSPS) is 11.7. The molecule has 0 unspecified atom stereocenters. The number of thiophene rings is 1. The van der Waals surface area contributed by atoms with Crippen molar-refractivity contribution in [2.75, 3.05) is 4.90 Å². The molecule has 0 aliphatic rings. The first-order valence-corrected chi connectivity index (χ1v) is 17.5. The van der Waals surface area contributed by atoms with Crippen LogP contribution in [0.4, 0.5) is 17.1 Å². The lowest BCUT2D eigenvalue weighted by Gasteiger charge is -2.26. The van der Waals surface area contributed by atoms with Gasteiger partial charge in [-0.15, -0.1) is 11.3 Å². The molecular formula is C46H30N2S. The van der Waals surface area contributed by atoms with Gasteiger partial charge in [0.15, 0.2) is 0 Å². The van der Waals surface area contributed by atoms with Crippen molar-refractivity contribution < 1.29 is 0 Å². The molecule has 2 aromatic heterocycles. The Labute approximate surface area is 288 Å². The SMILES string of the molecule is c1ccc(-c2ccc(N(c3ccc4sc5c6ccccc6ccc5c4c3)c3ccc4c(c3)c3ccccc3n4-c3ccccc3)cc2)cc1. The van der Waals surface area contributed by atoms with Gasteiger partial charge in [-0.1, -0.05) is 115 Å². The van der Waals surface area contributed by atoms with Gasteiger partial charge in [-0.05, 0) is 88.6 Å². The van der Waals surface area contributed by atoms with Gasteiger partial charge in [0, 0.05) is 53.7 Å². The van der Waals surface area contributed by atoms with Gasteiger partial charge in [-0.2, -0.15) is 0 Å². The number of rotatable bonds is 5. The highest BCUT2D eigenvalue weighted by atomic mass is 32.1. The fourth-order valence-corrected chi connectivity index (χ4v) is 8.69. The average molecular weight is 643 g/mol. The molecule has 0 amide bonds. The summed E-state index contributed by atoms with van der Waals surface area (Å²) in [6, 6.07) is 66.1. The zero-order valence-corrected chi connectivity index (χ0v) is 27.4. The zero-order valence-electron chi connectivity index (χ0n) is 26.6.